The third-order valence-corrected chi connectivity index (χ3v) is 5.12. The van der Waals surface area contributed by atoms with Gasteiger partial charge >= 0.3 is 0 Å². The van der Waals surface area contributed by atoms with Crippen LogP contribution in [0.15, 0.2) is 53.4 Å². The van der Waals surface area contributed by atoms with Crippen molar-refractivity contribution in [3.05, 3.63) is 54.2 Å². The highest BCUT2D eigenvalue weighted by atomic mass is 32.2. The first-order chi connectivity index (χ1) is 13.0. The Morgan fingerprint density at radius 1 is 0.929 bits per heavy atom. The molecule has 0 bridgehead atoms. The summed E-state index contributed by atoms with van der Waals surface area (Å²) < 4.78 is 23.2. The number of rotatable bonds is 4. The summed E-state index contributed by atoms with van der Waals surface area (Å²) in [5.41, 5.74) is 7.87. The van der Waals surface area contributed by atoms with Crippen LogP contribution in [0.4, 0.5) is 0 Å². The summed E-state index contributed by atoms with van der Waals surface area (Å²) in [5.74, 6) is -0.357. The number of fused-ring (bicyclic) bond motifs is 1. The maximum atomic E-state index is 12.2. The van der Waals surface area contributed by atoms with Crippen LogP contribution in [0.5, 0.6) is 0 Å². The first-order valence-corrected chi connectivity index (χ1v) is 10.6. The Kier molecular flexibility index (Phi) is 5.18. The lowest BCUT2D eigenvalue weighted by Gasteiger charge is -2.20. The minimum Gasteiger partial charge on any atom is -0.286 e. The van der Waals surface area contributed by atoms with Gasteiger partial charge in [0.05, 0.1) is 10.4 Å². The number of hydrazine groups is 1. The zero-order valence-electron chi connectivity index (χ0n) is 16.1. The van der Waals surface area contributed by atoms with Crippen LogP contribution in [0.2, 0.25) is 0 Å². The van der Waals surface area contributed by atoms with E-state index in [1.54, 1.807) is 30.3 Å². The first kappa shape index (κ1) is 19.9. The van der Waals surface area contributed by atoms with Gasteiger partial charge in [0, 0.05) is 17.2 Å². The molecule has 0 unspecified atom stereocenters. The van der Waals surface area contributed by atoms with Crippen LogP contribution in [0.1, 0.15) is 31.3 Å². The summed E-state index contributed by atoms with van der Waals surface area (Å²) in [4.78, 5) is 12.5. The second kappa shape index (κ2) is 7.29. The summed E-state index contributed by atoms with van der Waals surface area (Å²) in [6, 6.07) is 14.0. The van der Waals surface area contributed by atoms with Crippen molar-refractivity contribution in [3.63, 3.8) is 0 Å². The van der Waals surface area contributed by atoms with Gasteiger partial charge in [-0.25, -0.2) is 13.8 Å². The molecule has 0 saturated heterocycles. The van der Waals surface area contributed by atoms with Crippen molar-refractivity contribution in [2.45, 2.75) is 31.2 Å². The minimum absolute atomic E-state index is 0.217. The van der Waals surface area contributed by atoms with Gasteiger partial charge in [0.25, 0.3) is 5.91 Å². The van der Waals surface area contributed by atoms with Crippen LogP contribution >= 0.6 is 0 Å². The van der Waals surface area contributed by atoms with Gasteiger partial charge in [0.1, 0.15) is 0 Å². The Hall–Kier alpha value is -2.84. The maximum absolute atomic E-state index is 12.2. The standard InChI is InChI=1S/C20H22N4O3S/c1-20(2,3)24-23-19(25)18-12-15-6-5-14(11-17(15)21-22-18)13-7-9-16(10-8-13)28(4,26)27/h5-12,24H,1-4H3,(H,23,25). The van der Waals surface area contributed by atoms with Gasteiger partial charge < -0.3 is 0 Å². The average Bonchev–Trinajstić information content (AvgIpc) is 2.64. The smallest absolute Gasteiger partial charge is 0.285 e. The van der Waals surface area contributed by atoms with Crippen molar-refractivity contribution in [3.8, 4) is 11.1 Å². The Bertz CT molecular complexity index is 1130. The summed E-state index contributed by atoms with van der Waals surface area (Å²) >= 11 is 0. The third-order valence-electron chi connectivity index (χ3n) is 3.99. The molecule has 0 aliphatic carbocycles. The highest BCUT2D eigenvalue weighted by molar-refractivity contribution is 7.90. The molecule has 0 aliphatic rings. The van der Waals surface area contributed by atoms with Gasteiger partial charge in [0.15, 0.2) is 15.5 Å². The fourth-order valence-electron chi connectivity index (χ4n) is 2.53. The number of nitrogens with zero attached hydrogens (tertiary/aromatic N) is 2. The monoisotopic (exact) mass is 398 g/mol. The molecule has 7 nitrogen and oxygen atoms in total. The molecule has 1 aromatic heterocycles. The van der Waals surface area contributed by atoms with Gasteiger partial charge in [-0.1, -0.05) is 24.3 Å². The molecular formula is C20H22N4O3S. The molecule has 1 amide bonds. The number of aromatic nitrogens is 2. The van der Waals surface area contributed by atoms with Crippen LogP contribution in [0.25, 0.3) is 22.0 Å². The van der Waals surface area contributed by atoms with Crippen molar-refractivity contribution in [2.24, 2.45) is 0 Å². The lowest BCUT2D eigenvalue weighted by Crippen LogP contribution is -2.48. The summed E-state index contributed by atoms with van der Waals surface area (Å²) in [6.45, 7) is 5.80. The molecule has 2 N–H and O–H groups in total. The molecule has 2 aromatic carbocycles. The molecule has 0 radical (unpaired) electrons. The molecule has 8 heteroatoms. The predicted molar refractivity (Wildman–Crippen MR) is 108 cm³/mol. The molecule has 3 aromatic rings. The van der Waals surface area contributed by atoms with Crippen molar-refractivity contribution in [1.82, 2.24) is 21.0 Å². The van der Waals surface area contributed by atoms with Crippen LogP contribution in [-0.2, 0) is 9.84 Å². The fourth-order valence-corrected chi connectivity index (χ4v) is 3.16. The summed E-state index contributed by atoms with van der Waals surface area (Å²) in [6.07, 6.45) is 1.18. The molecule has 0 spiro atoms. The largest absolute Gasteiger partial charge is 0.286 e. The Morgan fingerprint density at radius 3 is 2.18 bits per heavy atom. The summed E-state index contributed by atoms with van der Waals surface area (Å²) in [5, 5.41) is 8.95. The predicted octanol–water partition coefficient (Wildman–Crippen LogP) is 2.73. The van der Waals surface area contributed by atoms with Gasteiger partial charge in [-0.15, -0.1) is 10.2 Å². The number of hydrogen-bond donors (Lipinski definition) is 2. The lowest BCUT2D eigenvalue weighted by molar-refractivity contribution is 0.0908. The molecular weight excluding hydrogens is 376 g/mol. The third kappa shape index (κ3) is 4.71. The Morgan fingerprint density at radius 2 is 1.57 bits per heavy atom. The van der Waals surface area contributed by atoms with Crippen LogP contribution in [0.3, 0.4) is 0 Å². The van der Waals surface area contributed by atoms with E-state index in [1.165, 1.54) is 6.26 Å². The highest BCUT2D eigenvalue weighted by Crippen LogP contribution is 2.24. The quantitative estimate of drug-likeness (QED) is 0.656. The molecule has 3 rings (SSSR count). The van der Waals surface area contributed by atoms with Gasteiger partial charge in [-0.05, 0) is 56.2 Å². The highest BCUT2D eigenvalue weighted by Gasteiger charge is 2.14. The average molecular weight is 398 g/mol. The van der Waals surface area contributed by atoms with E-state index in [0.717, 1.165) is 16.5 Å². The molecule has 1 heterocycles. The number of carbonyl (C=O) groups excluding carboxylic acids is 1. The van der Waals surface area contributed by atoms with E-state index in [1.807, 2.05) is 39.0 Å². The normalized spacial score (nSPS) is 12.1. The van der Waals surface area contributed by atoms with E-state index in [9.17, 15) is 13.2 Å². The van der Waals surface area contributed by atoms with Gasteiger partial charge in [-0.3, -0.25) is 10.2 Å². The molecule has 0 aliphatic heterocycles. The van der Waals surface area contributed by atoms with E-state index < -0.39 is 9.84 Å². The van der Waals surface area contributed by atoms with Crippen molar-refractivity contribution >= 4 is 26.6 Å². The zero-order valence-corrected chi connectivity index (χ0v) is 17.0. The van der Waals surface area contributed by atoms with Crippen LogP contribution in [0, 0.1) is 0 Å². The SMILES string of the molecule is CC(C)(C)NNC(=O)c1cc2ccc(-c3ccc(S(C)(=O)=O)cc3)cc2nn1. The molecule has 146 valence electrons. The number of hydrogen-bond acceptors (Lipinski definition) is 6. The number of benzene rings is 2. The second-order valence-electron chi connectivity index (χ2n) is 7.63. The fraction of sp³-hybridized carbons (Fsp3) is 0.250. The second-order valence-corrected chi connectivity index (χ2v) is 9.64. The van der Waals surface area contributed by atoms with E-state index in [-0.39, 0.29) is 22.0 Å². The number of nitrogens with one attached hydrogen (secondary N) is 2. The van der Waals surface area contributed by atoms with Crippen LogP contribution < -0.4 is 10.9 Å². The topological polar surface area (TPSA) is 101 Å². The minimum atomic E-state index is -3.23. The lowest BCUT2D eigenvalue weighted by atomic mass is 10.0. The van der Waals surface area contributed by atoms with Crippen LogP contribution in [-0.4, -0.2) is 36.3 Å². The number of carbonyl (C=O) groups is 1. The molecule has 28 heavy (non-hydrogen) atoms. The molecule has 0 atom stereocenters. The van der Waals surface area contributed by atoms with Crippen molar-refractivity contribution in [2.75, 3.05) is 6.26 Å². The number of amides is 1. The van der Waals surface area contributed by atoms with Gasteiger partial charge in [0.2, 0.25) is 0 Å². The Balaban J connectivity index is 1.86. The van der Waals surface area contributed by atoms with Gasteiger partial charge in [-0.2, -0.15) is 0 Å². The van der Waals surface area contributed by atoms with E-state index >= 15 is 0 Å². The zero-order chi connectivity index (χ0) is 20.5. The van der Waals surface area contributed by atoms with E-state index in [2.05, 4.69) is 21.0 Å². The van der Waals surface area contributed by atoms with Crippen molar-refractivity contribution < 1.29 is 13.2 Å². The molecule has 0 fully saturated rings. The van der Waals surface area contributed by atoms with E-state index in [4.69, 9.17) is 0 Å². The Labute approximate surface area is 164 Å². The molecule has 0 saturated carbocycles. The summed E-state index contributed by atoms with van der Waals surface area (Å²) in [7, 11) is -3.23. The first-order valence-electron chi connectivity index (χ1n) is 8.68. The van der Waals surface area contributed by atoms with Crippen molar-refractivity contribution in [1.29, 1.82) is 0 Å². The maximum Gasteiger partial charge on any atom is 0.285 e. The number of sulfone groups is 1. The van der Waals surface area contributed by atoms with E-state index in [0.29, 0.717) is 5.52 Å².